The van der Waals surface area contributed by atoms with Gasteiger partial charge in [-0.1, -0.05) is 6.07 Å². The first-order valence-corrected chi connectivity index (χ1v) is 6.49. The van der Waals surface area contributed by atoms with Gasteiger partial charge in [0.2, 0.25) is 0 Å². The molecule has 92 valence electrons. The fraction of sp³-hybridized carbons (Fsp3) is 0.0769. The summed E-state index contributed by atoms with van der Waals surface area (Å²) < 4.78 is 5.66. The van der Waals surface area contributed by atoms with Crippen molar-refractivity contribution in [3.05, 3.63) is 48.3 Å². The van der Waals surface area contributed by atoms with Gasteiger partial charge in [0.15, 0.2) is 0 Å². The van der Waals surface area contributed by atoms with Crippen LogP contribution in [0.25, 0.3) is 0 Å². The summed E-state index contributed by atoms with van der Waals surface area (Å²) in [5.41, 5.74) is 5.53. The van der Waals surface area contributed by atoms with E-state index in [4.69, 9.17) is 10.5 Å². The molecule has 1 aromatic heterocycles. The van der Waals surface area contributed by atoms with Crippen LogP contribution in [0.1, 0.15) is 10.4 Å². The highest BCUT2D eigenvalue weighted by Gasteiger charge is 2.10. The van der Waals surface area contributed by atoms with Crippen LogP contribution in [0.3, 0.4) is 0 Å². The van der Waals surface area contributed by atoms with E-state index in [2.05, 4.69) is 4.98 Å². The predicted molar refractivity (Wildman–Crippen MR) is 71.1 cm³/mol. The minimum absolute atomic E-state index is 0.270. The molecule has 1 aromatic carbocycles. The monoisotopic (exact) mass is 260 g/mol. The Morgan fingerprint density at radius 1 is 1.39 bits per heavy atom. The number of primary amides is 1. The van der Waals surface area contributed by atoms with E-state index in [-0.39, 0.29) is 5.56 Å². The van der Waals surface area contributed by atoms with E-state index in [1.54, 1.807) is 24.0 Å². The Balaban J connectivity index is 2.31. The lowest BCUT2D eigenvalue weighted by atomic mass is 10.2. The molecule has 0 atom stereocenters. The second-order valence-electron chi connectivity index (χ2n) is 3.52. The molecule has 0 aliphatic heterocycles. The molecule has 4 nitrogen and oxygen atoms in total. The summed E-state index contributed by atoms with van der Waals surface area (Å²) in [5.74, 6) is 0.519. The number of rotatable bonds is 4. The van der Waals surface area contributed by atoms with Gasteiger partial charge in [0.1, 0.15) is 17.1 Å². The molecule has 0 saturated heterocycles. The number of thioether (sulfide) groups is 1. The lowest BCUT2D eigenvalue weighted by Gasteiger charge is -2.09. The number of nitrogens with two attached hydrogens (primary N) is 1. The molecule has 2 aromatic rings. The summed E-state index contributed by atoms with van der Waals surface area (Å²) in [4.78, 5) is 16.2. The van der Waals surface area contributed by atoms with Gasteiger partial charge in [0.25, 0.3) is 5.91 Å². The van der Waals surface area contributed by atoms with Crippen molar-refractivity contribution in [3.63, 3.8) is 0 Å². The van der Waals surface area contributed by atoms with Gasteiger partial charge < -0.3 is 10.5 Å². The second-order valence-corrected chi connectivity index (χ2v) is 4.40. The Morgan fingerprint density at radius 3 is 2.94 bits per heavy atom. The number of hydrogen-bond donors (Lipinski definition) is 1. The fourth-order valence-corrected chi connectivity index (χ4v) is 1.90. The van der Waals surface area contributed by atoms with Gasteiger partial charge in [-0.3, -0.25) is 9.78 Å². The minimum Gasteiger partial charge on any atom is -0.456 e. The molecule has 0 saturated carbocycles. The van der Waals surface area contributed by atoms with Crippen LogP contribution in [0.4, 0.5) is 0 Å². The summed E-state index contributed by atoms with van der Waals surface area (Å²) >= 11 is 1.62. The molecular formula is C13H12N2O2S. The fourth-order valence-electron chi connectivity index (χ4n) is 1.45. The summed E-state index contributed by atoms with van der Waals surface area (Å²) in [6.45, 7) is 0. The van der Waals surface area contributed by atoms with E-state index < -0.39 is 5.91 Å². The average molecular weight is 260 g/mol. The van der Waals surface area contributed by atoms with Crippen molar-refractivity contribution in [2.45, 2.75) is 4.90 Å². The summed E-state index contributed by atoms with van der Waals surface area (Å²) in [6.07, 6.45) is 4.94. The molecule has 18 heavy (non-hydrogen) atoms. The van der Waals surface area contributed by atoms with Crippen LogP contribution in [0.15, 0.2) is 47.6 Å². The van der Waals surface area contributed by atoms with E-state index in [0.717, 1.165) is 4.90 Å². The molecule has 5 heteroatoms. The Hall–Kier alpha value is -2.01. The summed E-state index contributed by atoms with van der Waals surface area (Å²) in [6, 6.07) is 9.22. The average Bonchev–Trinajstić information content (AvgIpc) is 2.39. The number of carbonyl (C=O) groups excluding carboxylic acids is 1. The Labute approximate surface area is 109 Å². The van der Waals surface area contributed by atoms with Crippen LogP contribution in [-0.4, -0.2) is 17.1 Å². The Morgan fingerprint density at radius 2 is 2.22 bits per heavy atom. The van der Waals surface area contributed by atoms with Gasteiger partial charge >= 0.3 is 0 Å². The third kappa shape index (κ3) is 2.81. The zero-order valence-corrected chi connectivity index (χ0v) is 10.6. The first-order valence-electron chi connectivity index (χ1n) is 5.26. The molecule has 1 amide bonds. The smallest absolute Gasteiger partial charge is 0.254 e. The Bertz CT molecular complexity index is 572. The first kappa shape index (κ1) is 12.4. The van der Waals surface area contributed by atoms with Crippen LogP contribution in [0.5, 0.6) is 11.5 Å². The maximum absolute atomic E-state index is 11.2. The number of hydrogen-bond acceptors (Lipinski definition) is 4. The maximum atomic E-state index is 11.2. The van der Waals surface area contributed by atoms with Crippen molar-refractivity contribution in [3.8, 4) is 11.5 Å². The number of amides is 1. The van der Waals surface area contributed by atoms with Crippen molar-refractivity contribution in [2.24, 2.45) is 5.73 Å². The lowest BCUT2D eigenvalue weighted by molar-refractivity contribution is 0.0997. The molecule has 0 bridgehead atoms. The van der Waals surface area contributed by atoms with E-state index in [1.807, 2.05) is 30.5 Å². The number of carbonyl (C=O) groups is 1. The topological polar surface area (TPSA) is 65.2 Å². The molecule has 0 fully saturated rings. The number of ether oxygens (including phenoxy) is 1. The normalized spacial score (nSPS) is 10.1. The highest BCUT2D eigenvalue weighted by atomic mass is 32.2. The summed E-state index contributed by atoms with van der Waals surface area (Å²) in [7, 11) is 0. The van der Waals surface area contributed by atoms with Gasteiger partial charge in [-0.25, -0.2) is 0 Å². The van der Waals surface area contributed by atoms with Crippen molar-refractivity contribution in [2.75, 3.05) is 6.26 Å². The second kappa shape index (κ2) is 5.55. The number of benzene rings is 1. The van der Waals surface area contributed by atoms with Crippen molar-refractivity contribution >= 4 is 17.7 Å². The molecule has 2 rings (SSSR count). The molecule has 0 spiro atoms. The Kier molecular flexibility index (Phi) is 3.84. The SMILES string of the molecule is CSc1cccc(Oc2ccncc2C(N)=O)c1. The highest BCUT2D eigenvalue weighted by Crippen LogP contribution is 2.27. The third-order valence-corrected chi connectivity index (χ3v) is 3.04. The lowest BCUT2D eigenvalue weighted by Crippen LogP contribution is -2.12. The van der Waals surface area contributed by atoms with Crippen LogP contribution < -0.4 is 10.5 Å². The standard InChI is InChI=1S/C13H12N2O2S/c1-18-10-4-2-3-9(7-10)17-12-5-6-15-8-11(12)13(14)16/h2-8H,1H3,(H2,14,16). The number of nitrogens with zero attached hydrogens (tertiary/aromatic N) is 1. The minimum atomic E-state index is -0.556. The molecule has 0 radical (unpaired) electrons. The molecular weight excluding hydrogens is 248 g/mol. The first-order chi connectivity index (χ1) is 8.70. The number of pyridine rings is 1. The van der Waals surface area contributed by atoms with Crippen LogP contribution in [0.2, 0.25) is 0 Å². The van der Waals surface area contributed by atoms with Gasteiger partial charge in [0, 0.05) is 17.3 Å². The van der Waals surface area contributed by atoms with Crippen molar-refractivity contribution < 1.29 is 9.53 Å². The maximum Gasteiger partial charge on any atom is 0.254 e. The summed E-state index contributed by atoms with van der Waals surface area (Å²) in [5, 5.41) is 0. The zero-order chi connectivity index (χ0) is 13.0. The van der Waals surface area contributed by atoms with Crippen LogP contribution >= 0.6 is 11.8 Å². The van der Waals surface area contributed by atoms with Crippen LogP contribution in [0, 0.1) is 0 Å². The quantitative estimate of drug-likeness (QED) is 0.858. The van der Waals surface area contributed by atoms with Crippen molar-refractivity contribution in [1.29, 1.82) is 0 Å². The van der Waals surface area contributed by atoms with Gasteiger partial charge in [0.05, 0.1) is 0 Å². The molecule has 0 aliphatic rings. The van der Waals surface area contributed by atoms with Gasteiger partial charge in [-0.15, -0.1) is 11.8 Å². The largest absolute Gasteiger partial charge is 0.456 e. The zero-order valence-electron chi connectivity index (χ0n) is 9.79. The molecule has 0 aliphatic carbocycles. The predicted octanol–water partition coefficient (Wildman–Crippen LogP) is 2.69. The van der Waals surface area contributed by atoms with Crippen LogP contribution in [-0.2, 0) is 0 Å². The van der Waals surface area contributed by atoms with E-state index in [0.29, 0.717) is 11.5 Å². The van der Waals surface area contributed by atoms with E-state index in [1.165, 1.54) is 6.20 Å². The van der Waals surface area contributed by atoms with Crippen molar-refractivity contribution in [1.82, 2.24) is 4.98 Å². The molecule has 2 N–H and O–H groups in total. The molecule has 1 heterocycles. The van der Waals surface area contributed by atoms with E-state index >= 15 is 0 Å². The third-order valence-electron chi connectivity index (χ3n) is 2.32. The van der Waals surface area contributed by atoms with Gasteiger partial charge in [-0.05, 0) is 30.5 Å². The van der Waals surface area contributed by atoms with E-state index in [9.17, 15) is 4.79 Å². The van der Waals surface area contributed by atoms with Gasteiger partial charge in [-0.2, -0.15) is 0 Å². The molecule has 0 unspecified atom stereocenters. The highest BCUT2D eigenvalue weighted by molar-refractivity contribution is 7.98. The number of aromatic nitrogens is 1.